The van der Waals surface area contributed by atoms with Crippen molar-refractivity contribution < 1.29 is 19.0 Å². The molecule has 0 heterocycles. The van der Waals surface area contributed by atoms with Crippen molar-refractivity contribution in [3.63, 3.8) is 0 Å². The summed E-state index contributed by atoms with van der Waals surface area (Å²) in [6.45, 7) is 0.223. The maximum absolute atomic E-state index is 10.3. The highest BCUT2D eigenvalue weighted by atomic mass is 35.5. The highest BCUT2D eigenvalue weighted by molar-refractivity contribution is 6.17. The van der Waals surface area contributed by atoms with Gasteiger partial charge in [-0.25, -0.2) is 0 Å². The predicted molar refractivity (Wildman–Crippen MR) is 68.8 cm³/mol. The number of benzene rings is 1. The maximum Gasteiger partial charge on any atom is 0.188 e. The van der Waals surface area contributed by atoms with Crippen LogP contribution in [0.5, 0.6) is 5.75 Å². The van der Waals surface area contributed by atoms with Crippen molar-refractivity contribution >= 4 is 17.9 Å². The number of alkyl halides is 1. The second-order valence-corrected chi connectivity index (χ2v) is 2.85. The Morgan fingerprint density at radius 3 is 2.06 bits per heavy atom. The van der Waals surface area contributed by atoms with Gasteiger partial charge in [-0.15, -0.1) is 0 Å². The fraction of sp³-hybridized carbons (Fsp3) is 0.417. The number of methoxy groups -OCH3 is 2. The van der Waals surface area contributed by atoms with Gasteiger partial charge < -0.3 is 14.2 Å². The van der Waals surface area contributed by atoms with E-state index in [4.69, 9.17) is 21.1 Å². The molecule has 0 amide bonds. The van der Waals surface area contributed by atoms with Gasteiger partial charge in [0.15, 0.2) is 6.79 Å². The normalized spacial score (nSPS) is 8.41. The van der Waals surface area contributed by atoms with Crippen LogP contribution in [-0.2, 0) is 9.47 Å². The molecule has 4 nitrogen and oxygen atoms in total. The Balaban J connectivity index is 0. The first kappa shape index (κ1) is 18.3. The molecule has 98 valence electrons. The van der Waals surface area contributed by atoms with Crippen molar-refractivity contribution in [2.24, 2.45) is 0 Å². The van der Waals surface area contributed by atoms with Crippen molar-refractivity contribution in [1.82, 2.24) is 0 Å². The summed E-state index contributed by atoms with van der Waals surface area (Å²) in [5.74, 6) is 0.697. The summed E-state index contributed by atoms with van der Waals surface area (Å²) in [7, 11) is 3.10. The average molecular weight is 263 g/mol. The molecule has 1 aromatic carbocycles. The third-order valence-electron chi connectivity index (χ3n) is 1.47. The fourth-order valence-corrected chi connectivity index (χ4v) is 0.770. The number of carbonyl (C=O) groups is 1. The van der Waals surface area contributed by atoms with Crippen LogP contribution < -0.4 is 4.74 Å². The Labute approximate surface area is 107 Å². The molecule has 0 unspecified atom stereocenters. The second kappa shape index (κ2) is 13.0. The van der Waals surface area contributed by atoms with Crippen LogP contribution in [0.1, 0.15) is 17.8 Å². The molecule has 0 spiro atoms. The minimum atomic E-state index is 0. The average Bonchev–Trinajstić information content (AvgIpc) is 2.37. The van der Waals surface area contributed by atoms with Gasteiger partial charge in [-0.05, 0) is 24.3 Å². The van der Waals surface area contributed by atoms with Gasteiger partial charge in [-0.1, -0.05) is 19.0 Å². The van der Waals surface area contributed by atoms with Crippen LogP contribution in [0.2, 0.25) is 0 Å². The molecule has 0 saturated carbocycles. The van der Waals surface area contributed by atoms with E-state index in [1.807, 2.05) is 0 Å². The van der Waals surface area contributed by atoms with Gasteiger partial charge in [-0.2, -0.15) is 0 Å². The molecule has 0 aliphatic carbocycles. The molecule has 17 heavy (non-hydrogen) atoms. The fourth-order valence-electron chi connectivity index (χ4n) is 0.770. The summed E-state index contributed by atoms with van der Waals surface area (Å²) in [4.78, 5) is 10.3. The Bertz CT molecular complexity index is 272. The zero-order chi connectivity index (χ0) is 12.2. The van der Waals surface area contributed by atoms with Gasteiger partial charge in [0, 0.05) is 19.8 Å². The van der Waals surface area contributed by atoms with E-state index in [-0.39, 0.29) is 14.2 Å². The SMILES string of the molecule is C.COCCl.COCOc1ccc(C=O)cc1. The van der Waals surface area contributed by atoms with Gasteiger partial charge in [0.05, 0.1) is 0 Å². The van der Waals surface area contributed by atoms with Gasteiger partial charge in [0.1, 0.15) is 18.1 Å². The van der Waals surface area contributed by atoms with E-state index in [9.17, 15) is 4.79 Å². The highest BCUT2D eigenvalue weighted by Gasteiger charge is 1.92. The van der Waals surface area contributed by atoms with Crippen LogP contribution in [0, 0.1) is 0 Å². The third kappa shape index (κ3) is 9.81. The summed E-state index contributed by atoms with van der Waals surface area (Å²) < 4.78 is 14.1. The number of hydrogen-bond acceptors (Lipinski definition) is 4. The first-order valence-electron chi connectivity index (χ1n) is 4.50. The molecule has 0 aliphatic rings. The maximum atomic E-state index is 10.3. The lowest BCUT2D eigenvalue weighted by Gasteiger charge is -2.03. The Hall–Kier alpha value is -1.10. The van der Waals surface area contributed by atoms with Crippen LogP contribution in [0.25, 0.3) is 0 Å². The van der Waals surface area contributed by atoms with E-state index in [0.717, 1.165) is 6.29 Å². The van der Waals surface area contributed by atoms with Gasteiger partial charge in [-0.3, -0.25) is 4.79 Å². The molecule has 0 saturated heterocycles. The van der Waals surface area contributed by atoms with Crippen molar-refractivity contribution in [3.8, 4) is 5.75 Å². The number of halogens is 1. The van der Waals surface area contributed by atoms with E-state index < -0.39 is 0 Å². The Morgan fingerprint density at radius 2 is 1.71 bits per heavy atom. The van der Waals surface area contributed by atoms with Crippen LogP contribution >= 0.6 is 11.6 Å². The molecule has 0 aromatic heterocycles. The van der Waals surface area contributed by atoms with E-state index in [1.165, 1.54) is 0 Å². The molecule has 1 rings (SSSR count). The smallest absolute Gasteiger partial charge is 0.188 e. The topological polar surface area (TPSA) is 44.8 Å². The number of rotatable bonds is 5. The molecule has 0 radical (unpaired) electrons. The van der Waals surface area contributed by atoms with Crippen LogP contribution in [-0.4, -0.2) is 33.4 Å². The van der Waals surface area contributed by atoms with Crippen LogP contribution in [0.3, 0.4) is 0 Å². The summed E-state index contributed by atoms with van der Waals surface area (Å²) in [5, 5.41) is 0. The van der Waals surface area contributed by atoms with E-state index >= 15 is 0 Å². The van der Waals surface area contributed by atoms with Crippen molar-refractivity contribution in [2.45, 2.75) is 7.43 Å². The molecule has 0 bridgehead atoms. The lowest BCUT2D eigenvalue weighted by molar-refractivity contribution is 0.0511. The molecule has 0 aliphatic heterocycles. The lowest BCUT2D eigenvalue weighted by Crippen LogP contribution is -1.98. The predicted octanol–water partition coefficient (Wildman–Crippen LogP) is 2.95. The summed E-state index contributed by atoms with van der Waals surface area (Å²) in [5.41, 5.74) is 0.639. The zero-order valence-electron chi connectivity index (χ0n) is 9.31. The molecule has 1 aromatic rings. The number of hydrogen-bond donors (Lipinski definition) is 0. The highest BCUT2D eigenvalue weighted by Crippen LogP contribution is 2.10. The summed E-state index contributed by atoms with van der Waals surface area (Å²) in [6.07, 6.45) is 0.792. The number of aldehydes is 1. The zero-order valence-corrected chi connectivity index (χ0v) is 10.1. The number of carbonyl (C=O) groups excluding carboxylic acids is 1. The second-order valence-electron chi connectivity index (χ2n) is 2.64. The van der Waals surface area contributed by atoms with E-state index in [1.54, 1.807) is 38.5 Å². The minimum Gasteiger partial charge on any atom is -0.468 e. The number of ether oxygens (including phenoxy) is 3. The molecule has 5 heteroatoms. The molecular weight excluding hydrogens is 244 g/mol. The monoisotopic (exact) mass is 262 g/mol. The third-order valence-corrected chi connectivity index (χ3v) is 1.69. The largest absolute Gasteiger partial charge is 0.468 e. The standard InChI is InChI=1S/C9H10O3.C2H5ClO.CH4/c1-11-7-12-9-4-2-8(6-10)3-5-9;1-4-2-3;/h2-6H,7H2,1H3;2H2,1H3;1H4. The molecular formula is C12H19ClO4. The van der Waals surface area contributed by atoms with Gasteiger partial charge >= 0.3 is 0 Å². The van der Waals surface area contributed by atoms with Gasteiger partial charge in [0.2, 0.25) is 0 Å². The Morgan fingerprint density at radius 1 is 1.18 bits per heavy atom. The van der Waals surface area contributed by atoms with Crippen LogP contribution in [0.4, 0.5) is 0 Å². The Kier molecular flexibility index (Phi) is 13.9. The van der Waals surface area contributed by atoms with Crippen molar-refractivity contribution in [2.75, 3.05) is 27.1 Å². The summed E-state index contributed by atoms with van der Waals surface area (Å²) in [6, 6.07) is 7.13. The quantitative estimate of drug-likeness (QED) is 0.465. The minimum absolute atomic E-state index is 0. The molecule has 0 fully saturated rings. The van der Waals surface area contributed by atoms with Crippen molar-refractivity contribution in [3.05, 3.63) is 29.8 Å². The van der Waals surface area contributed by atoms with E-state index in [2.05, 4.69) is 4.74 Å². The molecule has 0 N–H and O–H groups in total. The van der Waals surface area contributed by atoms with Crippen LogP contribution in [0.15, 0.2) is 24.3 Å². The first-order chi connectivity index (χ1) is 7.78. The van der Waals surface area contributed by atoms with Crippen molar-refractivity contribution in [1.29, 1.82) is 0 Å². The molecule has 0 atom stereocenters. The van der Waals surface area contributed by atoms with E-state index in [0.29, 0.717) is 17.4 Å². The summed E-state index contributed by atoms with van der Waals surface area (Å²) >= 11 is 4.96. The van der Waals surface area contributed by atoms with Gasteiger partial charge in [0.25, 0.3) is 0 Å². The lowest BCUT2D eigenvalue weighted by atomic mass is 10.2. The first-order valence-corrected chi connectivity index (χ1v) is 5.03.